The van der Waals surface area contributed by atoms with Gasteiger partial charge in [-0.05, 0) is 0 Å². The van der Waals surface area contributed by atoms with Gasteiger partial charge in [-0.25, -0.2) is 4.99 Å². The average molecular weight is 93.1 g/mol. The number of hydrogen-bond acceptors (Lipinski definition) is 3. The molecule has 0 fully saturated rings. The fourth-order valence-corrected chi connectivity index (χ4v) is 0.346. The molecule has 0 aromatic carbocycles. The molecule has 3 nitrogen and oxygen atoms in total. The van der Waals surface area contributed by atoms with Crippen molar-refractivity contribution in [2.75, 3.05) is 6.54 Å². The lowest BCUT2D eigenvalue weighted by atomic mass is 10.7. The zero-order valence-corrected chi connectivity index (χ0v) is 3.60. The van der Waals surface area contributed by atoms with Crippen molar-refractivity contribution in [3.8, 4) is 6.07 Å². The monoisotopic (exact) mass is 93.0 g/mol. The molecule has 0 aromatic rings. The normalized spacial score (nSPS) is 17.3. The Hall–Kier alpha value is -1.04. The van der Waals surface area contributed by atoms with Gasteiger partial charge in [-0.2, -0.15) is 5.26 Å². The number of nitriles is 1. The van der Waals surface area contributed by atoms with Gasteiger partial charge in [0.05, 0.1) is 0 Å². The van der Waals surface area contributed by atoms with Crippen LogP contribution < -0.4 is 5.32 Å². The summed E-state index contributed by atoms with van der Waals surface area (Å²) >= 11 is 0. The van der Waals surface area contributed by atoms with Gasteiger partial charge < -0.3 is 5.32 Å². The lowest BCUT2D eigenvalue weighted by Gasteiger charge is -1.81. The number of hydrogen-bond donors (Lipinski definition) is 1. The summed E-state index contributed by atoms with van der Waals surface area (Å²) in [6, 6.07) is 1.84. The molecule has 1 aliphatic rings. The highest BCUT2D eigenvalue weighted by Crippen LogP contribution is 1.86. The van der Waals surface area contributed by atoms with Crippen LogP contribution in [-0.4, -0.2) is 12.4 Å². The van der Waals surface area contributed by atoms with Crippen LogP contribution in [0.15, 0.2) is 4.99 Å². The third-order valence-corrected chi connectivity index (χ3v) is 0.632. The van der Waals surface area contributed by atoms with Crippen molar-refractivity contribution < 1.29 is 0 Å². The Bertz CT molecular complexity index is 130. The molecule has 0 saturated heterocycles. The lowest BCUT2D eigenvalue weighted by Crippen LogP contribution is -2.14. The molecule has 0 saturated carbocycles. The van der Waals surface area contributed by atoms with E-state index in [0.29, 0.717) is 12.4 Å². The first-order chi connectivity index (χ1) is 3.43. The van der Waals surface area contributed by atoms with Crippen LogP contribution in [0.1, 0.15) is 0 Å². The van der Waals surface area contributed by atoms with E-state index in [1.807, 2.05) is 6.07 Å². The summed E-state index contributed by atoms with van der Waals surface area (Å²) in [7, 11) is 0. The predicted octanol–water partition coefficient (Wildman–Crippen LogP) is -0.450. The third-order valence-electron chi connectivity index (χ3n) is 0.632. The number of rotatable bonds is 0. The fourth-order valence-electron chi connectivity index (χ4n) is 0.346. The van der Waals surface area contributed by atoms with Gasteiger partial charge >= 0.3 is 0 Å². The van der Waals surface area contributed by atoms with Crippen molar-refractivity contribution in [3.63, 3.8) is 0 Å². The van der Waals surface area contributed by atoms with Gasteiger partial charge in [0.15, 0.2) is 0 Å². The van der Waals surface area contributed by atoms with E-state index >= 15 is 0 Å². The maximum Gasteiger partial charge on any atom is 0.202 e. The molecule has 0 atom stereocenters. The van der Waals surface area contributed by atoms with Gasteiger partial charge in [0, 0.05) is 6.54 Å². The van der Waals surface area contributed by atoms with E-state index in [1.54, 1.807) is 0 Å². The molecule has 0 amide bonds. The minimum Gasteiger partial charge on any atom is -0.359 e. The van der Waals surface area contributed by atoms with E-state index in [1.165, 1.54) is 0 Å². The molecular weight excluding hydrogens is 90.1 g/mol. The quantitative estimate of drug-likeness (QED) is 0.441. The molecule has 1 heterocycles. The Morgan fingerprint density at radius 2 is 2.86 bits per heavy atom. The van der Waals surface area contributed by atoms with Crippen LogP contribution in [0.3, 0.4) is 0 Å². The lowest BCUT2D eigenvalue weighted by molar-refractivity contribution is 1.05. The highest BCUT2D eigenvalue weighted by molar-refractivity contribution is 5.97. The second-order valence-corrected chi connectivity index (χ2v) is 1.08. The second-order valence-electron chi connectivity index (χ2n) is 1.08. The minimum atomic E-state index is 0.361. The SMILES string of the molecule is N#CC1=N[C]CN1. The Morgan fingerprint density at radius 3 is 3.14 bits per heavy atom. The fraction of sp³-hybridized carbons (Fsp3) is 0.250. The van der Waals surface area contributed by atoms with Crippen LogP contribution in [0.5, 0.6) is 0 Å². The van der Waals surface area contributed by atoms with Crippen LogP contribution in [0.25, 0.3) is 0 Å². The van der Waals surface area contributed by atoms with Crippen molar-refractivity contribution in [3.05, 3.63) is 6.54 Å². The molecule has 1 aliphatic heterocycles. The van der Waals surface area contributed by atoms with Crippen LogP contribution in [-0.2, 0) is 0 Å². The third kappa shape index (κ3) is 0.686. The summed E-state index contributed by atoms with van der Waals surface area (Å²) in [6.45, 7) is 3.15. The molecule has 3 heteroatoms. The van der Waals surface area contributed by atoms with E-state index in [-0.39, 0.29) is 0 Å². The molecule has 1 rings (SSSR count). The van der Waals surface area contributed by atoms with E-state index < -0.39 is 0 Å². The molecule has 0 bridgehead atoms. The largest absolute Gasteiger partial charge is 0.359 e. The smallest absolute Gasteiger partial charge is 0.202 e. The molecule has 34 valence electrons. The maximum atomic E-state index is 8.08. The van der Waals surface area contributed by atoms with Crippen LogP contribution in [0.4, 0.5) is 0 Å². The van der Waals surface area contributed by atoms with E-state index in [9.17, 15) is 0 Å². The summed E-state index contributed by atoms with van der Waals surface area (Å²) in [4.78, 5) is 3.55. The van der Waals surface area contributed by atoms with Gasteiger partial charge in [-0.15, -0.1) is 0 Å². The number of aliphatic imine (C=N–C) groups is 1. The van der Waals surface area contributed by atoms with Gasteiger partial charge in [-0.1, -0.05) is 0 Å². The van der Waals surface area contributed by atoms with E-state index in [0.717, 1.165) is 0 Å². The second kappa shape index (κ2) is 1.61. The molecule has 0 spiro atoms. The summed E-state index contributed by atoms with van der Waals surface area (Å²) in [5.41, 5.74) is 0. The van der Waals surface area contributed by atoms with Crippen molar-refractivity contribution in [2.45, 2.75) is 0 Å². The molecule has 0 unspecified atom stereocenters. The standard InChI is InChI=1S/C4H3N3/c5-3-4-6-1-2-7-4/h6H,1H2. The predicted molar refractivity (Wildman–Crippen MR) is 24.3 cm³/mol. The maximum absolute atomic E-state index is 8.08. The molecule has 0 aromatic heterocycles. The highest BCUT2D eigenvalue weighted by atomic mass is 15.1. The number of nitrogens with zero attached hydrogens (tertiary/aromatic N) is 2. The highest BCUT2D eigenvalue weighted by Gasteiger charge is 2.01. The number of nitrogens with one attached hydrogen (secondary N) is 1. The van der Waals surface area contributed by atoms with Gasteiger partial charge in [0.1, 0.15) is 12.6 Å². The Labute approximate surface area is 41.7 Å². The summed E-state index contributed by atoms with van der Waals surface area (Å²) in [5, 5.41) is 10.8. The van der Waals surface area contributed by atoms with Gasteiger partial charge in [-0.3, -0.25) is 0 Å². The first kappa shape index (κ1) is 4.13. The van der Waals surface area contributed by atoms with Crippen molar-refractivity contribution in [1.29, 1.82) is 5.26 Å². The minimum absolute atomic E-state index is 0.361. The molecule has 7 heavy (non-hydrogen) atoms. The Morgan fingerprint density at radius 1 is 2.00 bits per heavy atom. The Kier molecular flexibility index (Phi) is 0.947. The molecule has 1 N–H and O–H groups in total. The molecule has 2 radical (unpaired) electrons. The zero-order valence-electron chi connectivity index (χ0n) is 3.60. The Balaban J connectivity index is 2.57. The summed E-state index contributed by atoms with van der Waals surface area (Å²) in [6.07, 6.45) is 0. The van der Waals surface area contributed by atoms with Crippen LogP contribution in [0, 0.1) is 17.9 Å². The van der Waals surface area contributed by atoms with Crippen molar-refractivity contribution in [1.82, 2.24) is 5.32 Å². The summed E-state index contributed by atoms with van der Waals surface area (Å²) < 4.78 is 0. The molecular formula is C4H3N3. The molecule has 0 aliphatic carbocycles. The topological polar surface area (TPSA) is 48.2 Å². The van der Waals surface area contributed by atoms with Gasteiger partial charge in [0.25, 0.3) is 0 Å². The van der Waals surface area contributed by atoms with Crippen molar-refractivity contribution >= 4 is 5.84 Å². The average Bonchev–Trinajstić information content (AvgIpc) is 2.14. The van der Waals surface area contributed by atoms with Gasteiger partial charge in [0.2, 0.25) is 5.84 Å². The van der Waals surface area contributed by atoms with E-state index in [2.05, 4.69) is 16.9 Å². The zero-order chi connectivity index (χ0) is 5.11. The van der Waals surface area contributed by atoms with Crippen LogP contribution >= 0.6 is 0 Å². The summed E-state index contributed by atoms with van der Waals surface area (Å²) in [5.74, 6) is 0.361. The first-order valence-electron chi connectivity index (χ1n) is 1.88. The van der Waals surface area contributed by atoms with E-state index in [4.69, 9.17) is 5.26 Å². The van der Waals surface area contributed by atoms with Crippen molar-refractivity contribution in [2.24, 2.45) is 4.99 Å². The number of amidine groups is 1. The van der Waals surface area contributed by atoms with Crippen LogP contribution in [0.2, 0.25) is 0 Å². The first-order valence-corrected chi connectivity index (χ1v) is 1.88.